The van der Waals surface area contributed by atoms with Crippen LogP contribution in [0.3, 0.4) is 0 Å². The Labute approximate surface area is 171 Å². The summed E-state index contributed by atoms with van der Waals surface area (Å²) >= 11 is 0. The minimum atomic E-state index is -1.10. The summed E-state index contributed by atoms with van der Waals surface area (Å²) in [6.07, 6.45) is 0. The van der Waals surface area contributed by atoms with Crippen molar-refractivity contribution >= 4 is 17.5 Å². The molecule has 3 N–H and O–H groups in total. The quantitative estimate of drug-likeness (QED) is 0.450. The van der Waals surface area contributed by atoms with Crippen molar-refractivity contribution in [3.05, 3.63) is 57.6 Å². The van der Waals surface area contributed by atoms with Gasteiger partial charge in [-0.1, -0.05) is 0 Å². The first-order valence-corrected chi connectivity index (χ1v) is 8.80. The molecule has 0 spiro atoms. The molecule has 0 aliphatic carbocycles. The lowest BCUT2D eigenvalue weighted by molar-refractivity contribution is -0.385. The molecule has 1 aliphatic rings. The molecule has 0 radical (unpaired) electrons. The number of hydrogen-bond donors (Lipinski definition) is 3. The van der Waals surface area contributed by atoms with E-state index in [1.165, 1.54) is 33.5 Å². The van der Waals surface area contributed by atoms with Gasteiger partial charge in [-0.3, -0.25) is 25.1 Å². The number of methoxy groups -OCH3 is 3. The summed E-state index contributed by atoms with van der Waals surface area (Å²) in [5, 5.41) is 14.2. The lowest BCUT2D eigenvalue weighted by Gasteiger charge is -2.20. The number of ether oxygens (including phenoxy) is 3. The molecule has 0 aromatic heterocycles. The van der Waals surface area contributed by atoms with Crippen LogP contribution in [0.2, 0.25) is 0 Å². The van der Waals surface area contributed by atoms with E-state index in [2.05, 4.69) is 16.2 Å². The molecule has 11 heteroatoms. The monoisotopic (exact) mass is 416 g/mol. The molecule has 0 saturated carbocycles. The van der Waals surface area contributed by atoms with Crippen LogP contribution >= 0.6 is 0 Å². The van der Waals surface area contributed by atoms with Crippen LogP contribution < -0.4 is 30.4 Å². The molecule has 2 aromatic rings. The molecular weight excluding hydrogens is 396 g/mol. The largest absolute Gasteiger partial charge is 0.497 e. The first-order chi connectivity index (χ1) is 14.4. The molecule has 1 fully saturated rings. The molecule has 3 rings (SSSR count). The number of nitrogens with one attached hydrogen (secondary N) is 3. The first-order valence-electron chi connectivity index (χ1n) is 8.80. The predicted octanol–water partition coefficient (Wildman–Crippen LogP) is 1.09. The second-order valence-electron chi connectivity index (χ2n) is 6.31. The molecule has 1 heterocycles. The fourth-order valence-electron chi connectivity index (χ4n) is 3.13. The number of benzene rings is 2. The van der Waals surface area contributed by atoms with Crippen molar-refractivity contribution in [1.82, 2.24) is 16.2 Å². The number of carbonyl (C=O) groups excluding carboxylic acids is 2. The van der Waals surface area contributed by atoms with E-state index in [0.29, 0.717) is 11.3 Å². The van der Waals surface area contributed by atoms with Gasteiger partial charge in [-0.25, -0.2) is 5.43 Å². The highest BCUT2D eigenvalue weighted by molar-refractivity contribution is 5.98. The highest BCUT2D eigenvalue weighted by Crippen LogP contribution is 2.38. The Bertz CT molecular complexity index is 978. The van der Waals surface area contributed by atoms with E-state index in [1.807, 2.05) is 0 Å². The molecule has 0 unspecified atom stereocenters. The normalized spacial score (nSPS) is 17.8. The standard InChI is InChI=1S/C19H20N4O7/c1-28-11-6-4-10(5-7-11)18(24)20-17-16(21-22-19(17)25)12-8-14(29-2)15(30-3)9-13(12)23(26)27/h4-9,16-17,21H,1-3H3,(H,20,24)(H,22,25)/t16-,17+/m0/s1. The molecule has 1 aliphatic heterocycles. The second kappa shape index (κ2) is 8.66. The first kappa shape index (κ1) is 20.9. The van der Waals surface area contributed by atoms with E-state index in [4.69, 9.17) is 14.2 Å². The summed E-state index contributed by atoms with van der Waals surface area (Å²) in [4.78, 5) is 36.0. The summed E-state index contributed by atoms with van der Waals surface area (Å²) < 4.78 is 15.4. The number of carbonyl (C=O) groups is 2. The van der Waals surface area contributed by atoms with Crippen molar-refractivity contribution in [1.29, 1.82) is 0 Å². The minimum Gasteiger partial charge on any atom is -0.497 e. The maximum atomic E-state index is 12.6. The van der Waals surface area contributed by atoms with Gasteiger partial charge in [0.15, 0.2) is 11.5 Å². The van der Waals surface area contributed by atoms with Crippen LogP contribution in [0.25, 0.3) is 0 Å². The zero-order valence-corrected chi connectivity index (χ0v) is 16.4. The number of rotatable bonds is 7. The summed E-state index contributed by atoms with van der Waals surface area (Å²) in [6, 6.07) is 6.90. The van der Waals surface area contributed by atoms with Crippen molar-refractivity contribution in [3.8, 4) is 17.2 Å². The van der Waals surface area contributed by atoms with E-state index in [0.717, 1.165) is 0 Å². The molecular formula is C19H20N4O7. The third-order valence-corrected chi connectivity index (χ3v) is 4.67. The van der Waals surface area contributed by atoms with E-state index < -0.39 is 28.8 Å². The van der Waals surface area contributed by atoms with Gasteiger partial charge in [0, 0.05) is 5.56 Å². The van der Waals surface area contributed by atoms with Crippen LogP contribution in [0.1, 0.15) is 22.0 Å². The fourth-order valence-corrected chi connectivity index (χ4v) is 3.13. The number of nitrogens with zero attached hydrogens (tertiary/aromatic N) is 1. The molecule has 158 valence electrons. The van der Waals surface area contributed by atoms with Gasteiger partial charge in [0.05, 0.1) is 43.9 Å². The maximum Gasteiger partial charge on any atom is 0.278 e. The van der Waals surface area contributed by atoms with E-state index in [9.17, 15) is 19.7 Å². The molecule has 0 bridgehead atoms. The highest BCUT2D eigenvalue weighted by atomic mass is 16.6. The van der Waals surface area contributed by atoms with E-state index >= 15 is 0 Å². The molecule has 30 heavy (non-hydrogen) atoms. The van der Waals surface area contributed by atoms with Crippen molar-refractivity contribution < 1.29 is 28.7 Å². The Hall–Kier alpha value is -3.86. The number of amides is 2. The van der Waals surface area contributed by atoms with Crippen molar-refractivity contribution in [3.63, 3.8) is 0 Å². The van der Waals surface area contributed by atoms with Crippen LogP contribution in [0.5, 0.6) is 17.2 Å². The average Bonchev–Trinajstić information content (AvgIpc) is 3.12. The van der Waals surface area contributed by atoms with Crippen LogP contribution in [0.15, 0.2) is 36.4 Å². The summed E-state index contributed by atoms with van der Waals surface area (Å²) in [5.41, 5.74) is 5.27. The third-order valence-electron chi connectivity index (χ3n) is 4.67. The summed E-state index contributed by atoms with van der Waals surface area (Å²) in [7, 11) is 4.25. The smallest absolute Gasteiger partial charge is 0.278 e. The molecule has 1 saturated heterocycles. The lowest BCUT2D eigenvalue weighted by atomic mass is 9.97. The summed E-state index contributed by atoms with van der Waals surface area (Å²) in [6.45, 7) is 0. The van der Waals surface area contributed by atoms with Gasteiger partial charge in [0.1, 0.15) is 11.8 Å². The van der Waals surface area contributed by atoms with Gasteiger partial charge in [-0.05, 0) is 30.3 Å². The Morgan fingerprint density at radius 1 is 1.07 bits per heavy atom. The Kier molecular flexibility index (Phi) is 6.02. The van der Waals surface area contributed by atoms with Gasteiger partial charge in [0.2, 0.25) is 0 Å². The van der Waals surface area contributed by atoms with Gasteiger partial charge < -0.3 is 19.5 Å². The van der Waals surface area contributed by atoms with Crippen LogP contribution in [-0.2, 0) is 4.79 Å². The number of hydrazine groups is 1. The zero-order chi connectivity index (χ0) is 21.8. The van der Waals surface area contributed by atoms with Crippen LogP contribution in [-0.4, -0.2) is 44.1 Å². The minimum absolute atomic E-state index is 0.149. The number of nitro benzene ring substituents is 1. The average molecular weight is 416 g/mol. The van der Waals surface area contributed by atoms with Crippen molar-refractivity contribution in [2.45, 2.75) is 12.1 Å². The third kappa shape index (κ3) is 3.96. The Balaban J connectivity index is 1.94. The maximum absolute atomic E-state index is 12.6. The van der Waals surface area contributed by atoms with Crippen molar-refractivity contribution in [2.75, 3.05) is 21.3 Å². The molecule has 2 aromatic carbocycles. The number of hydrogen-bond acceptors (Lipinski definition) is 8. The summed E-state index contributed by atoms with van der Waals surface area (Å²) in [5.74, 6) is -0.0604. The van der Waals surface area contributed by atoms with Crippen molar-refractivity contribution in [2.24, 2.45) is 0 Å². The van der Waals surface area contributed by atoms with Gasteiger partial charge in [-0.15, -0.1) is 0 Å². The van der Waals surface area contributed by atoms with Gasteiger partial charge >= 0.3 is 0 Å². The Morgan fingerprint density at radius 3 is 2.27 bits per heavy atom. The molecule has 2 atom stereocenters. The van der Waals surface area contributed by atoms with E-state index in [1.54, 1.807) is 24.3 Å². The van der Waals surface area contributed by atoms with E-state index in [-0.39, 0.29) is 22.7 Å². The topological polar surface area (TPSA) is 141 Å². The molecule has 2 amide bonds. The second-order valence-corrected chi connectivity index (χ2v) is 6.31. The van der Waals surface area contributed by atoms with Gasteiger partial charge in [-0.2, -0.15) is 0 Å². The van der Waals surface area contributed by atoms with Crippen LogP contribution in [0, 0.1) is 10.1 Å². The fraction of sp³-hybridized carbons (Fsp3) is 0.263. The highest BCUT2D eigenvalue weighted by Gasteiger charge is 2.41. The Morgan fingerprint density at radius 2 is 1.70 bits per heavy atom. The van der Waals surface area contributed by atoms with Crippen LogP contribution in [0.4, 0.5) is 5.69 Å². The van der Waals surface area contributed by atoms with Gasteiger partial charge in [0.25, 0.3) is 17.5 Å². The number of nitro groups is 1. The lowest BCUT2D eigenvalue weighted by Crippen LogP contribution is -2.43. The predicted molar refractivity (Wildman–Crippen MR) is 104 cm³/mol. The zero-order valence-electron chi connectivity index (χ0n) is 16.4. The SMILES string of the molecule is COc1ccc(C(=O)N[C@H]2C(=O)NN[C@H]2c2cc(OC)c(OC)cc2[N+](=O)[O-])cc1. The molecule has 11 nitrogen and oxygen atoms in total.